The molecule has 1 aliphatic rings. The number of nitrogens with zero attached hydrogens (tertiary/aromatic N) is 6. The summed E-state index contributed by atoms with van der Waals surface area (Å²) in [7, 11) is 0. The van der Waals surface area contributed by atoms with Gasteiger partial charge in [-0.1, -0.05) is 24.3 Å². The molecular formula is C31H35F2N7O2. The van der Waals surface area contributed by atoms with Crippen LogP contribution < -0.4 is 10.5 Å². The zero-order valence-electron chi connectivity index (χ0n) is 23.5. The summed E-state index contributed by atoms with van der Waals surface area (Å²) >= 11 is 0. The van der Waals surface area contributed by atoms with E-state index in [1.807, 2.05) is 30.5 Å². The molecule has 9 nitrogen and oxygen atoms in total. The van der Waals surface area contributed by atoms with E-state index in [0.717, 1.165) is 61.2 Å². The maximum atomic E-state index is 14.3. The van der Waals surface area contributed by atoms with Crippen LogP contribution in [0.1, 0.15) is 30.4 Å². The third-order valence-corrected chi connectivity index (χ3v) is 7.32. The van der Waals surface area contributed by atoms with Crippen molar-refractivity contribution in [2.45, 2.75) is 38.8 Å². The molecular weight excluding hydrogens is 540 g/mol. The maximum absolute atomic E-state index is 14.3. The van der Waals surface area contributed by atoms with E-state index < -0.39 is 11.6 Å². The highest BCUT2D eigenvalue weighted by molar-refractivity contribution is 5.78. The zero-order chi connectivity index (χ0) is 29.3. The van der Waals surface area contributed by atoms with Crippen molar-refractivity contribution in [3.8, 4) is 17.1 Å². The van der Waals surface area contributed by atoms with Crippen LogP contribution in [0.2, 0.25) is 0 Å². The molecule has 2 aromatic carbocycles. The molecule has 0 spiro atoms. The topological polar surface area (TPSA) is 102 Å². The Morgan fingerprint density at radius 3 is 2.57 bits per heavy atom. The van der Waals surface area contributed by atoms with Gasteiger partial charge in [0.05, 0.1) is 13.0 Å². The average molecular weight is 576 g/mol. The number of anilines is 1. The quantitative estimate of drug-likeness (QED) is 0.386. The van der Waals surface area contributed by atoms with Crippen molar-refractivity contribution in [1.29, 1.82) is 0 Å². The summed E-state index contributed by atoms with van der Waals surface area (Å²) in [6.07, 6.45) is 9.26. The van der Waals surface area contributed by atoms with Gasteiger partial charge in [0.2, 0.25) is 11.9 Å². The lowest BCUT2D eigenvalue weighted by Gasteiger charge is -2.25. The molecule has 0 radical (unpaired) electrons. The molecule has 2 N–H and O–H groups in total. The monoisotopic (exact) mass is 575 g/mol. The Balaban J connectivity index is 1.33. The lowest BCUT2D eigenvalue weighted by Crippen LogP contribution is -2.35. The molecule has 2 aromatic heterocycles. The number of imidazole rings is 1. The maximum Gasteiger partial charge on any atom is 0.227 e. The van der Waals surface area contributed by atoms with Crippen molar-refractivity contribution >= 4 is 11.9 Å². The molecule has 0 aliphatic carbocycles. The molecule has 42 heavy (non-hydrogen) atoms. The second kappa shape index (κ2) is 14.0. The highest BCUT2D eigenvalue weighted by Crippen LogP contribution is 2.23. The minimum absolute atomic E-state index is 0.0610. The Morgan fingerprint density at radius 1 is 0.929 bits per heavy atom. The van der Waals surface area contributed by atoms with Gasteiger partial charge in [0.1, 0.15) is 11.6 Å². The van der Waals surface area contributed by atoms with Crippen LogP contribution in [0, 0.1) is 11.6 Å². The first-order valence-electron chi connectivity index (χ1n) is 14.2. The van der Waals surface area contributed by atoms with E-state index in [1.165, 1.54) is 12.1 Å². The molecule has 5 rings (SSSR count). The number of hydrogen-bond donors (Lipinski definition) is 1. The van der Waals surface area contributed by atoms with Crippen LogP contribution in [-0.2, 0) is 24.3 Å². The Kier molecular flexibility index (Phi) is 9.70. The largest absolute Gasteiger partial charge is 0.494 e. The Bertz CT molecular complexity index is 1480. The van der Waals surface area contributed by atoms with Gasteiger partial charge in [0.15, 0.2) is 11.6 Å². The molecule has 0 atom stereocenters. The molecule has 0 saturated heterocycles. The Morgan fingerprint density at radius 2 is 1.71 bits per heavy atom. The number of ether oxygens (including phenoxy) is 1. The first-order valence-corrected chi connectivity index (χ1v) is 14.2. The molecule has 1 amide bonds. The number of amides is 1. The summed E-state index contributed by atoms with van der Waals surface area (Å²) in [6.45, 7) is 4.28. The lowest BCUT2D eigenvalue weighted by atomic mass is 10.1. The van der Waals surface area contributed by atoms with Crippen LogP contribution in [0.3, 0.4) is 0 Å². The van der Waals surface area contributed by atoms with E-state index in [2.05, 4.69) is 24.4 Å². The smallest absolute Gasteiger partial charge is 0.227 e. The third-order valence-electron chi connectivity index (χ3n) is 7.32. The van der Waals surface area contributed by atoms with Crippen LogP contribution in [0.5, 0.6) is 5.75 Å². The number of rotatable bonds is 4. The number of carbonyl (C=O) groups is 1. The van der Waals surface area contributed by atoms with E-state index in [-0.39, 0.29) is 23.8 Å². The summed E-state index contributed by atoms with van der Waals surface area (Å²) in [5.74, 6) is -0.339. The van der Waals surface area contributed by atoms with Gasteiger partial charge in [0, 0.05) is 74.2 Å². The van der Waals surface area contributed by atoms with Gasteiger partial charge in [-0.15, -0.1) is 0 Å². The third kappa shape index (κ3) is 7.67. The molecule has 2 bridgehead atoms. The normalized spacial score (nSPS) is 15.4. The molecule has 0 unspecified atom stereocenters. The standard InChI is InChI=1S/C31H35F2N7O2/c32-27-9-4-6-24(29(27)33)19-28(41)39-12-2-1-11-38(22-23-20-36-31(34)37-21-23)15-16-40-14-10-35-30(40)25-7-3-8-26(18-25)42-17-5-13-39/h3-4,6-10,14,18,20-21H,1-2,5,11-13,15-17,19,22H2,(H2,34,36,37). The van der Waals surface area contributed by atoms with E-state index in [1.54, 1.807) is 23.5 Å². The number of fused-ring (bicyclic) bond motifs is 4. The summed E-state index contributed by atoms with van der Waals surface area (Å²) in [4.78, 5) is 30.2. The fraction of sp³-hybridized carbons (Fsp3) is 0.355. The molecule has 220 valence electrons. The second-order valence-electron chi connectivity index (χ2n) is 10.4. The van der Waals surface area contributed by atoms with Crippen molar-refractivity contribution in [2.24, 2.45) is 0 Å². The van der Waals surface area contributed by atoms with Gasteiger partial charge >= 0.3 is 0 Å². The van der Waals surface area contributed by atoms with E-state index in [9.17, 15) is 13.6 Å². The van der Waals surface area contributed by atoms with Crippen molar-refractivity contribution in [1.82, 2.24) is 29.3 Å². The van der Waals surface area contributed by atoms with Crippen LogP contribution in [0.4, 0.5) is 14.7 Å². The average Bonchev–Trinajstić information content (AvgIpc) is 3.47. The van der Waals surface area contributed by atoms with Gasteiger partial charge in [-0.3, -0.25) is 9.69 Å². The van der Waals surface area contributed by atoms with E-state index in [4.69, 9.17) is 10.5 Å². The molecule has 11 heteroatoms. The zero-order valence-corrected chi connectivity index (χ0v) is 23.5. The molecule has 1 aliphatic heterocycles. The summed E-state index contributed by atoms with van der Waals surface area (Å²) in [6, 6.07) is 11.7. The van der Waals surface area contributed by atoms with Gasteiger partial charge in [0.25, 0.3) is 0 Å². The van der Waals surface area contributed by atoms with Crippen molar-refractivity contribution < 1.29 is 18.3 Å². The number of nitrogen functional groups attached to an aromatic ring is 1. The highest BCUT2D eigenvalue weighted by atomic mass is 19.2. The number of aromatic nitrogens is 4. The van der Waals surface area contributed by atoms with Gasteiger partial charge in [-0.05, 0) is 44.0 Å². The number of benzene rings is 2. The Hall–Kier alpha value is -4.38. The van der Waals surface area contributed by atoms with Crippen molar-refractivity contribution in [3.05, 3.63) is 90.0 Å². The first-order chi connectivity index (χ1) is 20.5. The van der Waals surface area contributed by atoms with Gasteiger partial charge in [-0.2, -0.15) is 0 Å². The van der Waals surface area contributed by atoms with Crippen LogP contribution in [0.15, 0.2) is 67.3 Å². The summed E-state index contributed by atoms with van der Waals surface area (Å²) in [5, 5.41) is 0. The number of nitrogens with two attached hydrogens (primary N) is 1. The van der Waals surface area contributed by atoms with Crippen molar-refractivity contribution in [2.75, 3.05) is 38.5 Å². The number of carbonyl (C=O) groups excluding carboxylic acids is 1. The number of halogens is 2. The van der Waals surface area contributed by atoms with Gasteiger partial charge in [-0.25, -0.2) is 23.7 Å². The molecule has 0 saturated carbocycles. The first kappa shape index (κ1) is 29.1. The lowest BCUT2D eigenvalue weighted by molar-refractivity contribution is -0.130. The Labute approximate surface area is 244 Å². The second-order valence-corrected chi connectivity index (χ2v) is 10.4. The SMILES string of the molecule is Nc1ncc(CN2CCCCN(C(=O)Cc3cccc(F)c3F)CCCOc3cccc(c3)-c3nccn3CC2)cn1. The highest BCUT2D eigenvalue weighted by Gasteiger charge is 2.18. The molecule has 0 fully saturated rings. The van der Waals surface area contributed by atoms with E-state index >= 15 is 0 Å². The predicted molar refractivity (Wildman–Crippen MR) is 155 cm³/mol. The minimum Gasteiger partial charge on any atom is -0.494 e. The van der Waals surface area contributed by atoms with Gasteiger partial charge < -0.3 is 19.9 Å². The van der Waals surface area contributed by atoms with E-state index in [0.29, 0.717) is 32.7 Å². The van der Waals surface area contributed by atoms with Crippen LogP contribution >= 0.6 is 0 Å². The van der Waals surface area contributed by atoms with Crippen LogP contribution in [0.25, 0.3) is 11.4 Å². The summed E-state index contributed by atoms with van der Waals surface area (Å²) in [5.41, 5.74) is 7.65. The van der Waals surface area contributed by atoms with Crippen molar-refractivity contribution in [3.63, 3.8) is 0 Å². The fourth-order valence-electron chi connectivity index (χ4n) is 5.10. The number of hydrogen-bond acceptors (Lipinski definition) is 7. The van der Waals surface area contributed by atoms with Crippen LogP contribution in [-0.4, -0.2) is 68.0 Å². The summed E-state index contributed by atoms with van der Waals surface area (Å²) < 4.78 is 36.2. The predicted octanol–water partition coefficient (Wildman–Crippen LogP) is 4.34. The molecule has 3 heterocycles. The molecule has 4 aromatic rings. The minimum atomic E-state index is -0.971. The fourth-order valence-corrected chi connectivity index (χ4v) is 5.10.